The molecule has 67 heavy (non-hydrogen) atoms. The number of hydrogen-bond donors (Lipinski definition) is 0. The van der Waals surface area contributed by atoms with E-state index in [2.05, 4.69) is 254 Å². The molecule has 0 radical (unpaired) electrons. The van der Waals surface area contributed by atoms with Crippen LogP contribution in [0.4, 0.5) is 17.1 Å². The first-order valence-corrected chi connectivity index (χ1v) is 23.1. The Morgan fingerprint density at radius 1 is 0.313 bits per heavy atom. The Morgan fingerprint density at radius 2 is 0.836 bits per heavy atom. The zero-order valence-electron chi connectivity index (χ0n) is 36.7. The Kier molecular flexibility index (Phi) is 9.11. The summed E-state index contributed by atoms with van der Waals surface area (Å²) in [5.74, 6) is 0. The molecule has 0 unspecified atom stereocenters. The first-order chi connectivity index (χ1) is 33.2. The Labute approximate surface area is 390 Å². The van der Waals surface area contributed by atoms with Crippen LogP contribution in [0.5, 0.6) is 0 Å². The Balaban J connectivity index is 1.00. The van der Waals surface area contributed by atoms with E-state index in [0.29, 0.717) is 0 Å². The first kappa shape index (κ1) is 38.7. The molecule has 1 aliphatic rings. The Bertz CT molecular complexity index is 3750. The van der Waals surface area contributed by atoms with Crippen molar-refractivity contribution in [2.75, 3.05) is 4.90 Å². The third-order valence-corrected chi connectivity index (χ3v) is 14.0. The van der Waals surface area contributed by atoms with Crippen molar-refractivity contribution < 1.29 is 4.42 Å². The number of rotatable bonds is 8. The first-order valence-electron chi connectivity index (χ1n) is 23.1. The van der Waals surface area contributed by atoms with Crippen LogP contribution in [0.25, 0.3) is 77.2 Å². The van der Waals surface area contributed by atoms with Crippen molar-refractivity contribution in [2.45, 2.75) is 5.41 Å². The van der Waals surface area contributed by atoms with E-state index in [9.17, 15) is 0 Å². The highest BCUT2D eigenvalue weighted by Gasteiger charge is 2.47. The summed E-state index contributed by atoms with van der Waals surface area (Å²) in [5.41, 5.74) is 19.0. The van der Waals surface area contributed by atoms with Gasteiger partial charge < -0.3 is 9.32 Å². The van der Waals surface area contributed by atoms with Gasteiger partial charge in [0.05, 0.1) is 16.8 Å². The third kappa shape index (κ3) is 6.18. The van der Waals surface area contributed by atoms with E-state index in [0.717, 1.165) is 55.7 Å². The molecule has 1 heterocycles. The van der Waals surface area contributed by atoms with E-state index in [1.54, 1.807) is 0 Å². The van der Waals surface area contributed by atoms with Crippen LogP contribution in [0.1, 0.15) is 22.3 Å². The number of hydrogen-bond acceptors (Lipinski definition) is 2. The minimum absolute atomic E-state index is 0.538. The van der Waals surface area contributed by atoms with E-state index < -0.39 is 5.41 Å². The van der Waals surface area contributed by atoms with Crippen molar-refractivity contribution in [3.63, 3.8) is 0 Å². The lowest BCUT2D eigenvalue weighted by Gasteiger charge is -2.34. The van der Waals surface area contributed by atoms with Crippen molar-refractivity contribution in [3.05, 3.63) is 283 Å². The Hall–Kier alpha value is -8.72. The average molecular weight is 854 g/mol. The molecule has 2 heteroatoms. The van der Waals surface area contributed by atoms with Gasteiger partial charge in [0.1, 0.15) is 11.2 Å². The largest absolute Gasteiger partial charge is 0.456 e. The molecule has 0 amide bonds. The zero-order chi connectivity index (χ0) is 44.3. The van der Waals surface area contributed by atoms with Crippen LogP contribution in [0, 0.1) is 0 Å². The van der Waals surface area contributed by atoms with Crippen molar-refractivity contribution in [1.29, 1.82) is 0 Å². The second-order valence-corrected chi connectivity index (χ2v) is 17.5. The summed E-state index contributed by atoms with van der Waals surface area (Å²) in [6.07, 6.45) is 0. The molecule has 0 atom stereocenters. The van der Waals surface area contributed by atoms with Crippen molar-refractivity contribution in [2.24, 2.45) is 0 Å². The molecule has 13 rings (SSSR count). The van der Waals surface area contributed by atoms with E-state index in [-0.39, 0.29) is 0 Å². The van der Waals surface area contributed by atoms with Crippen LogP contribution in [-0.2, 0) is 5.41 Å². The summed E-state index contributed by atoms with van der Waals surface area (Å²) < 4.78 is 6.48. The lowest BCUT2D eigenvalue weighted by Crippen LogP contribution is -2.28. The van der Waals surface area contributed by atoms with Gasteiger partial charge in [-0.3, -0.25) is 0 Å². The average Bonchev–Trinajstić information content (AvgIpc) is 3.93. The van der Waals surface area contributed by atoms with Gasteiger partial charge >= 0.3 is 0 Å². The van der Waals surface area contributed by atoms with E-state index >= 15 is 0 Å². The van der Waals surface area contributed by atoms with Gasteiger partial charge in [-0.05, 0) is 109 Å². The van der Waals surface area contributed by atoms with E-state index in [4.69, 9.17) is 4.42 Å². The molecule has 0 N–H and O–H groups in total. The molecular weight excluding hydrogens is 811 g/mol. The minimum Gasteiger partial charge on any atom is -0.456 e. The summed E-state index contributed by atoms with van der Waals surface area (Å²) in [7, 11) is 0. The molecular formula is C65H43NO. The van der Waals surface area contributed by atoms with Crippen molar-refractivity contribution in [1.82, 2.24) is 0 Å². The molecule has 314 valence electrons. The van der Waals surface area contributed by atoms with Crippen LogP contribution in [0.2, 0.25) is 0 Å². The summed E-state index contributed by atoms with van der Waals surface area (Å²) in [6.45, 7) is 0. The quantitative estimate of drug-likeness (QED) is 0.151. The van der Waals surface area contributed by atoms with Gasteiger partial charge in [0.25, 0.3) is 0 Å². The predicted octanol–water partition coefficient (Wildman–Crippen LogP) is 17.6. The fourth-order valence-corrected chi connectivity index (χ4v) is 11.0. The van der Waals surface area contributed by atoms with Crippen molar-refractivity contribution >= 4 is 49.8 Å². The van der Waals surface area contributed by atoms with Crippen LogP contribution in [-0.4, -0.2) is 0 Å². The van der Waals surface area contributed by atoms with Crippen LogP contribution < -0.4 is 4.90 Å². The molecule has 0 fully saturated rings. The number of para-hydroxylation sites is 2. The standard InChI is InChI=1S/C65H43NO/c1-3-19-49(20-4-1)65(50-21-5-2-6-22-50)58-28-12-9-26-57(58)64-59(65)29-16-31-61(64)66(60-30-13-10-24-54(60)48-39-42-56-55-25-11-14-32-62(55)67-63(56)43-48)51-40-37-45(38-41-51)44-33-35-47(36-34-44)53-27-15-18-46-17-7-8-23-52(46)53/h1-43H. The van der Waals surface area contributed by atoms with Gasteiger partial charge in [-0.25, -0.2) is 0 Å². The van der Waals surface area contributed by atoms with Gasteiger partial charge in [-0.15, -0.1) is 0 Å². The third-order valence-electron chi connectivity index (χ3n) is 14.0. The predicted molar refractivity (Wildman–Crippen MR) is 280 cm³/mol. The summed E-state index contributed by atoms with van der Waals surface area (Å²) >= 11 is 0. The van der Waals surface area contributed by atoms with Gasteiger partial charge in [0, 0.05) is 27.6 Å². The summed E-state index contributed by atoms with van der Waals surface area (Å²) in [4.78, 5) is 2.48. The van der Waals surface area contributed by atoms with E-state index in [1.165, 1.54) is 60.8 Å². The number of anilines is 3. The number of nitrogens with zero attached hydrogens (tertiary/aromatic N) is 1. The smallest absolute Gasteiger partial charge is 0.136 e. The molecule has 2 nitrogen and oxygen atoms in total. The van der Waals surface area contributed by atoms with E-state index in [1.807, 2.05) is 12.1 Å². The highest BCUT2D eigenvalue weighted by Crippen LogP contribution is 2.60. The normalized spacial score (nSPS) is 12.6. The highest BCUT2D eigenvalue weighted by atomic mass is 16.3. The molecule has 1 aliphatic carbocycles. The second-order valence-electron chi connectivity index (χ2n) is 17.5. The number of fused-ring (bicyclic) bond motifs is 7. The monoisotopic (exact) mass is 853 g/mol. The molecule has 0 bridgehead atoms. The van der Waals surface area contributed by atoms with Gasteiger partial charge in [-0.1, -0.05) is 218 Å². The maximum atomic E-state index is 6.48. The van der Waals surface area contributed by atoms with Crippen LogP contribution in [0.3, 0.4) is 0 Å². The molecule has 12 aromatic rings. The minimum atomic E-state index is -0.538. The van der Waals surface area contributed by atoms with Gasteiger partial charge in [0.15, 0.2) is 0 Å². The number of furan rings is 1. The summed E-state index contributed by atoms with van der Waals surface area (Å²) in [5, 5.41) is 4.75. The zero-order valence-corrected chi connectivity index (χ0v) is 36.7. The fourth-order valence-electron chi connectivity index (χ4n) is 11.0. The molecule has 1 aromatic heterocycles. The van der Waals surface area contributed by atoms with Gasteiger partial charge in [0.2, 0.25) is 0 Å². The lowest BCUT2D eigenvalue weighted by atomic mass is 9.68. The lowest BCUT2D eigenvalue weighted by molar-refractivity contribution is 0.669. The fraction of sp³-hybridized carbons (Fsp3) is 0.0154. The summed E-state index contributed by atoms with van der Waals surface area (Å²) in [6, 6.07) is 95.1. The van der Waals surface area contributed by atoms with Crippen LogP contribution in [0.15, 0.2) is 265 Å². The molecule has 0 saturated heterocycles. The highest BCUT2D eigenvalue weighted by molar-refractivity contribution is 6.07. The van der Waals surface area contributed by atoms with Gasteiger partial charge in [-0.2, -0.15) is 0 Å². The van der Waals surface area contributed by atoms with Crippen LogP contribution >= 0.6 is 0 Å². The molecule has 0 spiro atoms. The Morgan fingerprint density at radius 3 is 1.61 bits per heavy atom. The topological polar surface area (TPSA) is 16.4 Å². The number of benzene rings is 11. The molecule has 0 saturated carbocycles. The van der Waals surface area contributed by atoms with Crippen molar-refractivity contribution in [3.8, 4) is 44.5 Å². The maximum Gasteiger partial charge on any atom is 0.136 e. The second kappa shape index (κ2) is 15.8. The maximum absolute atomic E-state index is 6.48. The molecule has 0 aliphatic heterocycles. The SMILES string of the molecule is c1ccc(C2(c3ccccc3)c3ccccc3-c3c(N(c4ccc(-c5ccc(-c6cccc7ccccc67)cc5)cc4)c4ccccc4-c4ccc5c(c4)oc4ccccc45)cccc32)cc1. The molecule has 11 aromatic carbocycles.